The Balaban J connectivity index is 1.27. The minimum atomic E-state index is -0.203. The number of aromatic nitrogens is 1. The summed E-state index contributed by atoms with van der Waals surface area (Å²) < 4.78 is 2.09. The van der Waals surface area contributed by atoms with Crippen LogP contribution in [-0.2, 0) is 18.4 Å². The molecule has 7 rings (SSSR count). The maximum Gasteiger partial charge on any atom is 0.258 e. The summed E-state index contributed by atoms with van der Waals surface area (Å²) in [6, 6.07) is 31.9. The smallest absolute Gasteiger partial charge is 0.258 e. The first-order valence-electron chi connectivity index (χ1n) is 16.1. The number of hydrogen-bond acceptors (Lipinski definition) is 4. The molecule has 3 heterocycles. The summed E-state index contributed by atoms with van der Waals surface area (Å²) in [5, 5.41) is 10.9. The van der Waals surface area contributed by atoms with Crippen LogP contribution in [0, 0.1) is 0 Å². The second kappa shape index (κ2) is 12.7. The van der Waals surface area contributed by atoms with Crippen molar-refractivity contribution >= 4 is 45.4 Å². The van der Waals surface area contributed by atoms with Crippen LogP contribution in [0.4, 0.5) is 11.4 Å². The molecule has 0 unspecified atom stereocenters. The molecule has 1 aromatic heterocycles. The molecule has 46 heavy (non-hydrogen) atoms. The number of nitrogens with one attached hydrogen (secondary N) is 3. The van der Waals surface area contributed by atoms with Gasteiger partial charge in [-0.05, 0) is 98.1 Å². The minimum Gasteiger partial charge on any atom is -0.354 e. The summed E-state index contributed by atoms with van der Waals surface area (Å²) in [7, 11) is 2.03. The van der Waals surface area contributed by atoms with Gasteiger partial charge >= 0.3 is 0 Å². The molecule has 0 spiro atoms. The number of anilines is 2. The number of carbonyl (C=O) groups excluding carboxylic acids is 2. The van der Waals surface area contributed by atoms with E-state index in [0.717, 1.165) is 47.4 Å². The number of amides is 2. The molecular weight excluding hydrogens is 570 g/mol. The fourth-order valence-electron chi connectivity index (χ4n) is 6.65. The molecular formula is C39H39N5O2. The number of fused-ring (bicyclic) bond motifs is 2. The van der Waals surface area contributed by atoms with Gasteiger partial charge in [0.1, 0.15) is 0 Å². The van der Waals surface area contributed by atoms with Gasteiger partial charge in [0, 0.05) is 53.2 Å². The Morgan fingerprint density at radius 2 is 1.67 bits per heavy atom. The number of carbonyl (C=O) groups is 2. The van der Waals surface area contributed by atoms with E-state index in [1.54, 1.807) is 6.07 Å². The van der Waals surface area contributed by atoms with E-state index < -0.39 is 0 Å². The van der Waals surface area contributed by atoms with Crippen molar-refractivity contribution in [3.8, 4) is 0 Å². The molecule has 1 atom stereocenters. The van der Waals surface area contributed by atoms with Gasteiger partial charge in [-0.25, -0.2) is 0 Å². The number of likely N-dealkylation sites (tertiary alicyclic amines) is 1. The standard InChI is InChI=1S/C39H39N5O2/c1-26(28-11-5-3-6-12-28)40-38(45)31-14-16-34-33(24-31)36(39(46)42-34)37(30-15-17-35-29(23-30)18-21-43(35)2)41-32-13-9-10-27(22-32)25-44-19-7-4-8-20-44/h3,5-6,9-18,21-24,26,41H,4,7-8,19-20,25H2,1-2H3,(H,40,45)(H,42,46)/b37-36-/t26-/m1/s1. The Bertz CT molecular complexity index is 1950. The molecule has 4 aromatic carbocycles. The van der Waals surface area contributed by atoms with Crippen molar-refractivity contribution in [2.75, 3.05) is 23.7 Å². The Kier molecular flexibility index (Phi) is 8.16. The van der Waals surface area contributed by atoms with Crippen molar-refractivity contribution < 1.29 is 9.59 Å². The van der Waals surface area contributed by atoms with Crippen LogP contribution in [0.2, 0.25) is 0 Å². The third kappa shape index (κ3) is 6.06. The van der Waals surface area contributed by atoms with Crippen LogP contribution < -0.4 is 16.0 Å². The molecule has 2 aliphatic rings. The molecule has 5 aromatic rings. The number of rotatable bonds is 8. The van der Waals surface area contributed by atoms with E-state index in [2.05, 4.69) is 67.9 Å². The SMILES string of the molecule is C[C@@H](NC(=O)c1ccc2c(c1)/C(=C(/Nc1cccc(CN3CCCCC3)c1)c1ccc3c(ccn3C)c1)C(=O)N2)c1ccccc1. The van der Waals surface area contributed by atoms with Gasteiger partial charge in [0.25, 0.3) is 11.8 Å². The molecule has 7 heteroatoms. The third-order valence-corrected chi connectivity index (χ3v) is 9.15. The van der Waals surface area contributed by atoms with E-state index in [-0.39, 0.29) is 17.9 Å². The first-order chi connectivity index (χ1) is 22.4. The topological polar surface area (TPSA) is 78.4 Å². The van der Waals surface area contributed by atoms with E-state index in [9.17, 15) is 9.59 Å². The normalized spacial score (nSPS) is 16.5. The van der Waals surface area contributed by atoms with Crippen molar-refractivity contribution in [1.82, 2.24) is 14.8 Å². The van der Waals surface area contributed by atoms with Crippen molar-refractivity contribution in [2.45, 2.75) is 38.8 Å². The Morgan fingerprint density at radius 1 is 0.870 bits per heavy atom. The van der Waals surface area contributed by atoms with Crippen LogP contribution in [-0.4, -0.2) is 34.4 Å². The zero-order valence-corrected chi connectivity index (χ0v) is 26.3. The van der Waals surface area contributed by atoms with E-state index >= 15 is 0 Å². The summed E-state index contributed by atoms with van der Waals surface area (Å²) in [5.74, 6) is -0.395. The maximum absolute atomic E-state index is 13.8. The quantitative estimate of drug-likeness (QED) is 0.159. The van der Waals surface area contributed by atoms with Crippen LogP contribution in [0.5, 0.6) is 0 Å². The van der Waals surface area contributed by atoms with Gasteiger partial charge in [0.05, 0.1) is 17.3 Å². The van der Waals surface area contributed by atoms with Crippen molar-refractivity contribution in [1.29, 1.82) is 0 Å². The average molecular weight is 610 g/mol. The van der Waals surface area contributed by atoms with Gasteiger partial charge in [-0.3, -0.25) is 14.5 Å². The first kappa shape index (κ1) is 29.6. The number of benzene rings is 4. The van der Waals surface area contributed by atoms with Crippen LogP contribution in [0.25, 0.3) is 22.2 Å². The lowest BCUT2D eigenvalue weighted by Crippen LogP contribution is -2.29. The second-order valence-electron chi connectivity index (χ2n) is 12.4. The molecule has 2 aliphatic heterocycles. The Labute approximate surface area is 269 Å². The van der Waals surface area contributed by atoms with Gasteiger partial charge in [0.2, 0.25) is 0 Å². The molecule has 7 nitrogen and oxygen atoms in total. The summed E-state index contributed by atoms with van der Waals surface area (Å²) in [6.45, 7) is 5.13. The number of piperidine rings is 1. The molecule has 232 valence electrons. The molecule has 1 fully saturated rings. The van der Waals surface area contributed by atoms with E-state index in [1.807, 2.05) is 68.7 Å². The zero-order valence-electron chi connectivity index (χ0n) is 26.3. The van der Waals surface area contributed by atoms with Crippen LogP contribution >= 0.6 is 0 Å². The number of aryl methyl sites for hydroxylation is 1. The zero-order chi connectivity index (χ0) is 31.6. The molecule has 0 aliphatic carbocycles. The molecule has 1 saturated heterocycles. The lowest BCUT2D eigenvalue weighted by Gasteiger charge is -2.26. The van der Waals surface area contributed by atoms with Gasteiger partial charge in [-0.1, -0.05) is 55.0 Å². The Morgan fingerprint density at radius 3 is 2.50 bits per heavy atom. The van der Waals surface area contributed by atoms with E-state index in [4.69, 9.17) is 0 Å². The first-order valence-corrected chi connectivity index (χ1v) is 16.1. The van der Waals surface area contributed by atoms with Gasteiger partial charge in [-0.15, -0.1) is 0 Å². The van der Waals surface area contributed by atoms with Crippen molar-refractivity contribution in [3.05, 3.63) is 131 Å². The minimum absolute atomic E-state index is 0.163. The molecule has 0 saturated carbocycles. The highest BCUT2D eigenvalue weighted by molar-refractivity contribution is 6.37. The van der Waals surface area contributed by atoms with Crippen molar-refractivity contribution in [3.63, 3.8) is 0 Å². The highest BCUT2D eigenvalue weighted by Gasteiger charge is 2.30. The van der Waals surface area contributed by atoms with Crippen LogP contribution in [0.3, 0.4) is 0 Å². The third-order valence-electron chi connectivity index (χ3n) is 9.15. The predicted molar refractivity (Wildman–Crippen MR) is 186 cm³/mol. The number of hydrogen-bond donors (Lipinski definition) is 3. The monoisotopic (exact) mass is 609 g/mol. The fraction of sp³-hybridized carbons (Fsp3) is 0.231. The van der Waals surface area contributed by atoms with E-state index in [1.165, 1.54) is 24.8 Å². The highest BCUT2D eigenvalue weighted by atomic mass is 16.2. The van der Waals surface area contributed by atoms with Gasteiger partial charge < -0.3 is 20.5 Å². The summed E-state index contributed by atoms with van der Waals surface area (Å²) >= 11 is 0. The summed E-state index contributed by atoms with van der Waals surface area (Å²) in [6.07, 6.45) is 5.84. The van der Waals surface area contributed by atoms with Crippen LogP contribution in [0.15, 0.2) is 103 Å². The molecule has 0 bridgehead atoms. The lowest BCUT2D eigenvalue weighted by molar-refractivity contribution is -0.110. The second-order valence-corrected chi connectivity index (χ2v) is 12.4. The highest BCUT2D eigenvalue weighted by Crippen LogP contribution is 2.39. The van der Waals surface area contributed by atoms with Crippen molar-refractivity contribution in [2.24, 2.45) is 7.05 Å². The molecule has 3 N–H and O–H groups in total. The molecule has 0 radical (unpaired) electrons. The lowest BCUT2D eigenvalue weighted by atomic mass is 9.97. The molecule has 2 amide bonds. The summed E-state index contributed by atoms with van der Waals surface area (Å²) in [5.41, 5.74) is 8.28. The van der Waals surface area contributed by atoms with E-state index in [0.29, 0.717) is 28.1 Å². The number of nitrogens with zero attached hydrogens (tertiary/aromatic N) is 2. The largest absolute Gasteiger partial charge is 0.354 e. The van der Waals surface area contributed by atoms with Gasteiger partial charge in [0.15, 0.2) is 0 Å². The Hall–Kier alpha value is -5.14. The summed E-state index contributed by atoms with van der Waals surface area (Å²) in [4.78, 5) is 29.7. The predicted octanol–water partition coefficient (Wildman–Crippen LogP) is 7.59. The van der Waals surface area contributed by atoms with Crippen LogP contribution in [0.1, 0.15) is 64.8 Å². The fourth-order valence-corrected chi connectivity index (χ4v) is 6.65. The van der Waals surface area contributed by atoms with Gasteiger partial charge in [-0.2, -0.15) is 0 Å². The maximum atomic E-state index is 13.8. The average Bonchev–Trinajstić information content (AvgIpc) is 3.62.